The maximum absolute atomic E-state index is 4.71. The Morgan fingerprint density at radius 2 is 1.74 bits per heavy atom. The minimum absolute atomic E-state index is 0.904. The fraction of sp³-hybridized carbons (Fsp3) is 0.353. The molecule has 0 saturated carbocycles. The molecule has 0 saturated heterocycles. The van der Waals surface area contributed by atoms with Crippen LogP contribution >= 0.6 is 0 Å². The molecule has 0 bridgehead atoms. The smallest absolute Gasteiger partial charge is 0.0705 e. The molecule has 100 valence electrons. The van der Waals surface area contributed by atoms with Crippen LogP contribution in [-0.2, 0) is 6.54 Å². The van der Waals surface area contributed by atoms with Crippen molar-refractivity contribution >= 4 is 0 Å². The number of benzene rings is 1. The predicted molar refractivity (Wildman–Crippen MR) is 81.1 cm³/mol. The summed E-state index contributed by atoms with van der Waals surface area (Å²) in [5, 5.41) is 3.42. The lowest BCUT2D eigenvalue weighted by molar-refractivity contribution is 0.671. The first kappa shape index (κ1) is 13.8. The Bertz CT molecular complexity index is 529. The van der Waals surface area contributed by atoms with Crippen molar-refractivity contribution < 1.29 is 0 Å². The van der Waals surface area contributed by atoms with Gasteiger partial charge in [0, 0.05) is 17.8 Å². The summed E-state index contributed by atoms with van der Waals surface area (Å²) < 4.78 is 0. The maximum atomic E-state index is 4.71. The van der Waals surface area contributed by atoms with Gasteiger partial charge in [0.1, 0.15) is 0 Å². The molecule has 0 amide bonds. The zero-order chi connectivity index (χ0) is 13.7. The Kier molecular flexibility index (Phi) is 4.69. The summed E-state index contributed by atoms with van der Waals surface area (Å²) >= 11 is 0. The Hall–Kier alpha value is -1.67. The number of nitrogens with zero attached hydrogens (tertiary/aromatic N) is 1. The van der Waals surface area contributed by atoms with Crippen molar-refractivity contribution in [3.8, 4) is 11.3 Å². The number of hydrogen-bond acceptors (Lipinski definition) is 2. The first-order valence-electron chi connectivity index (χ1n) is 6.95. The van der Waals surface area contributed by atoms with Gasteiger partial charge in [-0.1, -0.05) is 42.8 Å². The summed E-state index contributed by atoms with van der Waals surface area (Å²) in [5.41, 5.74) is 5.91. The summed E-state index contributed by atoms with van der Waals surface area (Å²) in [6.45, 7) is 8.32. The summed E-state index contributed by atoms with van der Waals surface area (Å²) in [7, 11) is 0. The van der Waals surface area contributed by atoms with Crippen molar-refractivity contribution in [2.24, 2.45) is 0 Å². The van der Waals surface area contributed by atoms with Gasteiger partial charge in [0.15, 0.2) is 0 Å². The second-order valence-electron chi connectivity index (χ2n) is 4.98. The number of hydrogen-bond donors (Lipinski definition) is 1. The molecule has 1 N–H and O–H groups in total. The molecule has 2 aromatic rings. The minimum Gasteiger partial charge on any atom is -0.313 e. The van der Waals surface area contributed by atoms with Crippen molar-refractivity contribution in [2.75, 3.05) is 6.54 Å². The van der Waals surface area contributed by atoms with Crippen LogP contribution in [0.4, 0.5) is 0 Å². The Morgan fingerprint density at radius 1 is 1.00 bits per heavy atom. The SMILES string of the molecule is CCCNCc1ccc(-c2ccc(C)cc2)nc1C. The topological polar surface area (TPSA) is 24.9 Å². The molecule has 0 aliphatic rings. The van der Waals surface area contributed by atoms with E-state index in [2.05, 4.69) is 62.5 Å². The highest BCUT2D eigenvalue weighted by molar-refractivity contribution is 5.60. The number of aryl methyl sites for hydroxylation is 2. The Balaban J connectivity index is 2.16. The molecule has 0 aliphatic heterocycles. The second-order valence-corrected chi connectivity index (χ2v) is 4.98. The molecule has 0 spiro atoms. The molecule has 2 heteroatoms. The van der Waals surface area contributed by atoms with E-state index in [1.807, 2.05) is 0 Å². The van der Waals surface area contributed by atoms with Crippen molar-refractivity contribution in [3.05, 3.63) is 53.2 Å². The van der Waals surface area contributed by atoms with Gasteiger partial charge >= 0.3 is 0 Å². The van der Waals surface area contributed by atoms with Gasteiger partial charge < -0.3 is 5.32 Å². The standard InChI is InChI=1S/C17H22N2/c1-4-11-18-12-16-9-10-17(19-14(16)3)15-7-5-13(2)6-8-15/h5-10,18H,4,11-12H2,1-3H3. The van der Waals surface area contributed by atoms with Gasteiger partial charge in [-0.05, 0) is 38.4 Å². The molecule has 2 rings (SSSR count). The molecular formula is C17H22N2. The lowest BCUT2D eigenvalue weighted by atomic mass is 10.1. The molecule has 0 aliphatic carbocycles. The van der Waals surface area contributed by atoms with Crippen LogP contribution in [-0.4, -0.2) is 11.5 Å². The second kappa shape index (κ2) is 6.48. The molecule has 0 atom stereocenters. The van der Waals surface area contributed by atoms with Gasteiger partial charge in [-0.25, -0.2) is 0 Å². The lowest BCUT2D eigenvalue weighted by Crippen LogP contribution is -2.15. The monoisotopic (exact) mass is 254 g/mol. The van der Waals surface area contributed by atoms with Crippen LogP contribution in [0.1, 0.15) is 30.2 Å². The van der Waals surface area contributed by atoms with Crippen molar-refractivity contribution in [1.82, 2.24) is 10.3 Å². The van der Waals surface area contributed by atoms with Crippen molar-refractivity contribution in [2.45, 2.75) is 33.7 Å². The third kappa shape index (κ3) is 3.65. The van der Waals surface area contributed by atoms with Crippen LogP contribution in [0.25, 0.3) is 11.3 Å². The molecule has 0 unspecified atom stereocenters. The van der Waals surface area contributed by atoms with Gasteiger partial charge in [-0.3, -0.25) is 4.98 Å². The molecule has 0 radical (unpaired) electrons. The van der Waals surface area contributed by atoms with Crippen molar-refractivity contribution in [1.29, 1.82) is 0 Å². The average molecular weight is 254 g/mol. The van der Waals surface area contributed by atoms with E-state index in [4.69, 9.17) is 4.98 Å². The van der Waals surface area contributed by atoms with Crippen molar-refractivity contribution in [3.63, 3.8) is 0 Å². The van der Waals surface area contributed by atoms with Crippen LogP contribution in [0.15, 0.2) is 36.4 Å². The van der Waals surface area contributed by atoms with Gasteiger partial charge in [0.2, 0.25) is 0 Å². The highest BCUT2D eigenvalue weighted by atomic mass is 14.9. The van der Waals surface area contributed by atoms with Crippen LogP contribution in [0.3, 0.4) is 0 Å². The van der Waals surface area contributed by atoms with Gasteiger partial charge in [-0.2, -0.15) is 0 Å². The van der Waals surface area contributed by atoms with E-state index in [1.54, 1.807) is 0 Å². The van der Waals surface area contributed by atoms with Gasteiger partial charge in [-0.15, -0.1) is 0 Å². The largest absolute Gasteiger partial charge is 0.313 e. The number of aromatic nitrogens is 1. The van der Waals surface area contributed by atoms with E-state index >= 15 is 0 Å². The molecule has 1 heterocycles. The first-order chi connectivity index (χ1) is 9.20. The quantitative estimate of drug-likeness (QED) is 0.819. The zero-order valence-electron chi connectivity index (χ0n) is 12.0. The first-order valence-corrected chi connectivity index (χ1v) is 6.95. The van der Waals surface area contributed by atoms with E-state index in [0.29, 0.717) is 0 Å². The number of pyridine rings is 1. The summed E-state index contributed by atoms with van der Waals surface area (Å²) in [4.78, 5) is 4.71. The van der Waals surface area contributed by atoms with E-state index in [1.165, 1.54) is 16.7 Å². The van der Waals surface area contributed by atoms with Crippen LogP contribution in [0.2, 0.25) is 0 Å². The minimum atomic E-state index is 0.904. The Morgan fingerprint density at radius 3 is 2.37 bits per heavy atom. The third-order valence-electron chi connectivity index (χ3n) is 3.28. The summed E-state index contributed by atoms with van der Waals surface area (Å²) in [6.07, 6.45) is 1.16. The van der Waals surface area contributed by atoms with Crippen LogP contribution in [0.5, 0.6) is 0 Å². The van der Waals surface area contributed by atoms with Gasteiger partial charge in [0.25, 0.3) is 0 Å². The van der Waals surface area contributed by atoms with Crippen LogP contribution < -0.4 is 5.32 Å². The van der Waals surface area contributed by atoms with E-state index in [0.717, 1.165) is 30.9 Å². The molecular weight excluding hydrogens is 232 g/mol. The summed E-state index contributed by atoms with van der Waals surface area (Å²) in [6, 6.07) is 12.8. The highest BCUT2D eigenvalue weighted by Crippen LogP contribution is 2.19. The summed E-state index contributed by atoms with van der Waals surface area (Å²) in [5.74, 6) is 0. The molecule has 1 aromatic heterocycles. The molecule has 2 nitrogen and oxygen atoms in total. The predicted octanol–water partition coefficient (Wildman–Crippen LogP) is 3.87. The molecule has 1 aromatic carbocycles. The van der Waals surface area contributed by atoms with Gasteiger partial charge in [0.05, 0.1) is 5.69 Å². The lowest BCUT2D eigenvalue weighted by Gasteiger charge is -2.09. The number of nitrogens with one attached hydrogen (secondary N) is 1. The highest BCUT2D eigenvalue weighted by Gasteiger charge is 2.03. The van der Waals surface area contributed by atoms with E-state index in [-0.39, 0.29) is 0 Å². The fourth-order valence-electron chi connectivity index (χ4n) is 2.06. The normalized spacial score (nSPS) is 10.7. The molecule has 0 fully saturated rings. The third-order valence-corrected chi connectivity index (χ3v) is 3.28. The maximum Gasteiger partial charge on any atom is 0.0705 e. The molecule has 19 heavy (non-hydrogen) atoms. The van der Waals surface area contributed by atoms with E-state index in [9.17, 15) is 0 Å². The Labute approximate surface area is 115 Å². The van der Waals surface area contributed by atoms with E-state index < -0.39 is 0 Å². The average Bonchev–Trinajstić information content (AvgIpc) is 2.42. The number of rotatable bonds is 5. The fourth-order valence-corrected chi connectivity index (χ4v) is 2.06. The zero-order valence-corrected chi connectivity index (χ0v) is 12.0. The van der Waals surface area contributed by atoms with Crippen LogP contribution in [0, 0.1) is 13.8 Å².